The lowest BCUT2D eigenvalue weighted by atomic mass is 10.2. The van der Waals surface area contributed by atoms with Crippen molar-refractivity contribution in [2.45, 2.75) is 4.90 Å². The van der Waals surface area contributed by atoms with Gasteiger partial charge >= 0.3 is 0 Å². The van der Waals surface area contributed by atoms with Gasteiger partial charge in [-0.2, -0.15) is 5.26 Å². The quantitative estimate of drug-likeness (QED) is 0.893. The molecule has 0 amide bonds. The molecule has 0 aliphatic rings. The van der Waals surface area contributed by atoms with Crippen molar-refractivity contribution < 1.29 is 8.42 Å². The molecule has 0 radical (unpaired) electrons. The predicted octanol–water partition coefficient (Wildman–Crippen LogP) is 1.15. The van der Waals surface area contributed by atoms with Gasteiger partial charge in [0.15, 0.2) is 0 Å². The summed E-state index contributed by atoms with van der Waals surface area (Å²) in [6, 6.07) is 7.80. The van der Waals surface area contributed by atoms with E-state index < -0.39 is 10.0 Å². The van der Waals surface area contributed by atoms with Crippen LogP contribution in [0.2, 0.25) is 0 Å². The van der Waals surface area contributed by atoms with Crippen LogP contribution in [-0.2, 0) is 10.0 Å². The van der Waals surface area contributed by atoms with Crippen molar-refractivity contribution in [1.29, 1.82) is 5.26 Å². The molecule has 6 nitrogen and oxygen atoms in total. The Balaban J connectivity index is 2.41. The van der Waals surface area contributed by atoms with E-state index in [2.05, 4.69) is 14.7 Å². The number of nitrogens with one attached hydrogen (secondary N) is 1. The van der Waals surface area contributed by atoms with Crippen LogP contribution in [0.5, 0.6) is 0 Å². The van der Waals surface area contributed by atoms with Crippen molar-refractivity contribution in [3.8, 4) is 6.07 Å². The van der Waals surface area contributed by atoms with Gasteiger partial charge in [-0.3, -0.25) is 4.72 Å². The molecular weight excluding hydrogens is 252 g/mol. The number of benzene rings is 1. The fourth-order valence-corrected chi connectivity index (χ4v) is 2.54. The SMILES string of the molecule is N#Cc1ccccc1S(=O)(=O)Nc1cncnc1. The van der Waals surface area contributed by atoms with E-state index in [1.54, 1.807) is 12.1 Å². The molecule has 1 aromatic heterocycles. The van der Waals surface area contributed by atoms with Gasteiger partial charge in [0.2, 0.25) is 0 Å². The zero-order chi connectivity index (χ0) is 13.0. The molecule has 0 bridgehead atoms. The highest BCUT2D eigenvalue weighted by Crippen LogP contribution is 2.17. The summed E-state index contributed by atoms with van der Waals surface area (Å²) in [5.74, 6) is 0. The summed E-state index contributed by atoms with van der Waals surface area (Å²) in [5, 5.41) is 8.88. The van der Waals surface area contributed by atoms with Crippen LogP contribution in [0.3, 0.4) is 0 Å². The van der Waals surface area contributed by atoms with Gasteiger partial charge in [0.05, 0.1) is 23.6 Å². The first kappa shape index (κ1) is 12.0. The lowest BCUT2D eigenvalue weighted by Crippen LogP contribution is -2.14. The first-order valence-corrected chi connectivity index (χ1v) is 6.39. The Kier molecular flexibility index (Phi) is 3.21. The Bertz CT molecular complexity index is 692. The summed E-state index contributed by atoms with van der Waals surface area (Å²) in [6.07, 6.45) is 3.96. The second kappa shape index (κ2) is 4.81. The number of hydrogen-bond donors (Lipinski definition) is 1. The van der Waals surface area contributed by atoms with Crippen LogP contribution >= 0.6 is 0 Å². The smallest absolute Gasteiger partial charge is 0.263 e. The molecule has 0 aliphatic carbocycles. The van der Waals surface area contributed by atoms with Gasteiger partial charge < -0.3 is 0 Å². The number of nitriles is 1. The van der Waals surface area contributed by atoms with E-state index in [9.17, 15) is 8.42 Å². The zero-order valence-electron chi connectivity index (χ0n) is 9.11. The Morgan fingerprint density at radius 1 is 1.17 bits per heavy atom. The maximum absolute atomic E-state index is 12.1. The second-order valence-electron chi connectivity index (χ2n) is 3.34. The summed E-state index contributed by atoms with van der Waals surface area (Å²) < 4.78 is 26.4. The summed E-state index contributed by atoms with van der Waals surface area (Å²) in [4.78, 5) is 7.33. The molecule has 0 spiro atoms. The minimum Gasteiger partial charge on any atom is -0.276 e. The van der Waals surface area contributed by atoms with Gasteiger partial charge in [-0.15, -0.1) is 0 Å². The van der Waals surface area contributed by atoms with Gasteiger partial charge in [0, 0.05) is 0 Å². The van der Waals surface area contributed by atoms with Crippen molar-refractivity contribution in [3.63, 3.8) is 0 Å². The average molecular weight is 260 g/mol. The maximum Gasteiger partial charge on any atom is 0.263 e. The molecule has 1 aromatic carbocycles. The molecule has 2 rings (SSSR count). The normalized spacial score (nSPS) is 10.6. The topological polar surface area (TPSA) is 95.7 Å². The van der Waals surface area contributed by atoms with Crippen LogP contribution in [0, 0.1) is 11.3 Å². The summed E-state index contributed by atoms with van der Waals surface area (Å²) in [5.41, 5.74) is 0.326. The minimum absolute atomic E-state index is 0.0728. The first-order valence-electron chi connectivity index (χ1n) is 4.90. The van der Waals surface area contributed by atoms with Gasteiger partial charge in [0.1, 0.15) is 17.3 Å². The maximum atomic E-state index is 12.1. The van der Waals surface area contributed by atoms with E-state index in [4.69, 9.17) is 5.26 Å². The van der Waals surface area contributed by atoms with E-state index in [1.807, 2.05) is 6.07 Å². The highest BCUT2D eigenvalue weighted by molar-refractivity contribution is 7.92. The van der Waals surface area contributed by atoms with Crippen LogP contribution in [0.25, 0.3) is 0 Å². The van der Waals surface area contributed by atoms with Crippen molar-refractivity contribution >= 4 is 15.7 Å². The molecule has 2 aromatic rings. The third-order valence-corrected chi connectivity index (χ3v) is 3.55. The third-order valence-electron chi connectivity index (χ3n) is 2.11. The second-order valence-corrected chi connectivity index (χ2v) is 4.99. The van der Waals surface area contributed by atoms with Gasteiger partial charge in [-0.1, -0.05) is 12.1 Å². The standard InChI is InChI=1S/C11H8N4O2S/c12-5-9-3-1-2-4-11(9)18(16,17)15-10-6-13-8-14-7-10/h1-4,6-8,15H. The fourth-order valence-electron chi connectivity index (χ4n) is 1.36. The van der Waals surface area contributed by atoms with Crippen molar-refractivity contribution in [1.82, 2.24) is 9.97 Å². The van der Waals surface area contributed by atoms with E-state index in [1.165, 1.54) is 30.9 Å². The molecule has 0 fully saturated rings. The number of rotatable bonds is 3. The van der Waals surface area contributed by atoms with E-state index >= 15 is 0 Å². The highest BCUT2D eigenvalue weighted by atomic mass is 32.2. The molecule has 90 valence electrons. The molecule has 0 saturated heterocycles. The molecular formula is C11H8N4O2S. The predicted molar refractivity (Wildman–Crippen MR) is 64.0 cm³/mol. The van der Waals surface area contributed by atoms with E-state index in [-0.39, 0.29) is 16.1 Å². The number of sulfonamides is 1. The van der Waals surface area contributed by atoms with Crippen LogP contribution < -0.4 is 4.72 Å². The summed E-state index contributed by atoms with van der Waals surface area (Å²) in [7, 11) is -3.81. The van der Waals surface area contributed by atoms with E-state index in [0.717, 1.165) is 0 Å². The third kappa shape index (κ3) is 2.44. The Hall–Kier alpha value is -2.46. The van der Waals surface area contributed by atoms with Crippen LogP contribution in [0.4, 0.5) is 5.69 Å². The van der Waals surface area contributed by atoms with Gasteiger partial charge in [0.25, 0.3) is 10.0 Å². The monoisotopic (exact) mass is 260 g/mol. The molecule has 7 heteroatoms. The zero-order valence-corrected chi connectivity index (χ0v) is 9.92. The summed E-state index contributed by atoms with van der Waals surface area (Å²) in [6.45, 7) is 0. The minimum atomic E-state index is -3.81. The molecule has 0 atom stereocenters. The lowest BCUT2D eigenvalue weighted by Gasteiger charge is -2.08. The summed E-state index contributed by atoms with van der Waals surface area (Å²) >= 11 is 0. The van der Waals surface area contributed by atoms with E-state index in [0.29, 0.717) is 0 Å². The van der Waals surface area contributed by atoms with Crippen molar-refractivity contribution in [2.75, 3.05) is 4.72 Å². The molecule has 0 unspecified atom stereocenters. The Morgan fingerprint density at radius 3 is 2.50 bits per heavy atom. The van der Waals surface area contributed by atoms with Crippen molar-refractivity contribution in [3.05, 3.63) is 48.5 Å². The molecule has 0 aliphatic heterocycles. The van der Waals surface area contributed by atoms with Gasteiger partial charge in [-0.05, 0) is 12.1 Å². The Morgan fingerprint density at radius 2 is 1.83 bits per heavy atom. The first-order chi connectivity index (χ1) is 8.63. The van der Waals surface area contributed by atoms with Crippen molar-refractivity contribution in [2.24, 2.45) is 0 Å². The molecule has 18 heavy (non-hydrogen) atoms. The van der Waals surface area contributed by atoms with Crippen LogP contribution in [-0.4, -0.2) is 18.4 Å². The largest absolute Gasteiger partial charge is 0.276 e. The van der Waals surface area contributed by atoms with Gasteiger partial charge in [-0.25, -0.2) is 18.4 Å². The lowest BCUT2D eigenvalue weighted by molar-refractivity contribution is 0.601. The molecule has 0 saturated carbocycles. The number of nitrogens with zero attached hydrogens (tertiary/aromatic N) is 3. The van der Waals surface area contributed by atoms with Crippen LogP contribution in [0.1, 0.15) is 5.56 Å². The fraction of sp³-hybridized carbons (Fsp3) is 0. The molecule has 1 N–H and O–H groups in total. The average Bonchev–Trinajstić information content (AvgIpc) is 2.39. The number of hydrogen-bond acceptors (Lipinski definition) is 5. The Labute approximate surface area is 104 Å². The number of aromatic nitrogens is 2. The number of anilines is 1. The van der Waals surface area contributed by atoms with Crippen LogP contribution in [0.15, 0.2) is 47.9 Å². The highest BCUT2D eigenvalue weighted by Gasteiger charge is 2.18. The molecule has 1 heterocycles.